The Morgan fingerprint density at radius 1 is 0.258 bits per heavy atom. The van der Waals surface area contributed by atoms with Crippen LogP contribution in [0, 0.1) is 5.92 Å². The lowest BCUT2D eigenvalue weighted by Gasteiger charge is -2.26. The minimum absolute atomic E-state index is 0.0152. The summed E-state index contributed by atoms with van der Waals surface area (Å²) in [4.78, 5) is 208. The maximum Gasteiger partial charge on any atom is 0.243 e. The zero-order valence-corrected chi connectivity index (χ0v) is 78.2. The number of amides is 10. The molecule has 0 aliphatic rings. The number of hydrogen-bond acceptors (Lipinski definition) is 23. The summed E-state index contributed by atoms with van der Waals surface area (Å²) in [5, 5.41) is 32.9. The molecule has 7 unspecified atom stereocenters. The molecule has 2 rings (SSSR count). The zero-order chi connectivity index (χ0) is 92.3. The predicted octanol–water partition coefficient (Wildman–Crippen LogP) is 2.70. The smallest absolute Gasteiger partial charge is 0.243 e. The van der Waals surface area contributed by atoms with Gasteiger partial charge in [-0.25, -0.2) is 0 Å². The summed E-state index contributed by atoms with van der Waals surface area (Å²) in [7, 11) is 28.8. The number of nitrogens with zero attached hydrogens (tertiary/aromatic N) is 8. The molecule has 0 saturated carbocycles. The van der Waals surface area contributed by atoms with Crippen LogP contribution in [0.4, 0.5) is 0 Å². The number of Topliss-reactive ketones (excluding diaryl/α,β-unsaturated/α-hetero) is 4. The van der Waals surface area contributed by atoms with Crippen molar-refractivity contribution >= 4 is 82.2 Å². The van der Waals surface area contributed by atoms with Gasteiger partial charge in [-0.2, -0.15) is 0 Å². The molecule has 0 bridgehead atoms. The third kappa shape index (κ3) is 55.0. The maximum absolute atomic E-state index is 15.5. The van der Waals surface area contributed by atoms with E-state index in [-0.39, 0.29) is 156 Å². The Morgan fingerprint density at radius 3 is 0.984 bits per heavy atom. The van der Waals surface area contributed by atoms with Crippen molar-refractivity contribution in [2.75, 3.05) is 204 Å². The van der Waals surface area contributed by atoms with Gasteiger partial charge in [-0.15, -0.1) is 0 Å². The van der Waals surface area contributed by atoms with Gasteiger partial charge >= 0.3 is 0 Å². The minimum atomic E-state index is -1.12. The van der Waals surface area contributed by atoms with Crippen molar-refractivity contribution in [3.05, 3.63) is 71.8 Å². The first kappa shape index (κ1) is 112. The highest BCUT2D eigenvalue weighted by molar-refractivity contribution is 5.96. The van der Waals surface area contributed by atoms with Crippen molar-refractivity contribution in [1.29, 1.82) is 0 Å². The van der Waals surface area contributed by atoms with Gasteiger partial charge in [-0.1, -0.05) is 92.8 Å². The number of nitrogens with one attached hydrogen (secondary N) is 11. The highest BCUT2D eigenvalue weighted by Gasteiger charge is 2.34. The number of carbonyl (C=O) groups is 14. The average Bonchev–Trinajstić information content (AvgIpc) is 0.833. The summed E-state index contributed by atoms with van der Waals surface area (Å²) < 4.78 is 0. The molecule has 0 radical (unpaired) electrons. The topological polar surface area (TPSA) is 397 Å². The third-order valence-corrected chi connectivity index (χ3v) is 20.6. The number of likely N-dealkylation sites (N-methyl/N-ethyl adjacent to an activating group) is 8. The first-order valence-electron chi connectivity index (χ1n) is 44.9. The Kier molecular flexibility index (Phi) is 59.3. The van der Waals surface area contributed by atoms with Crippen molar-refractivity contribution in [2.24, 2.45) is 5.92 Å². The molecule has 0 aromatic heterocycles. The van der Waals surface area contributed by atoms with E-state index in [1.807, 2.05) is 93.8 Å². The molecule has 2 aromatic carbocycles. The van der Waals surface area contributed by atoms with Gasteiger partial charge in [0.25, 0.3) is 0 Å². The zero-order valence-electron chi connectivity index (χ0n) is 78.2. The second-order valence-corrected chi connectivity index (χ2v) is 35.2. The molecule has 702 valence electrons. The molecule has 11 N–H and O–H groups in total. The van der Waals surface area contributed by atoms with Gasteiger partial charge in [0.15, 0.2) is 17.3 Å². The average molecular weight is 1740 g/mol. The van der Waals surface area contributed by atoms with E-state index < -0.39 is 71.7 Å². The number of ketones is 4. The summed E-state index contributed by atoms with van der Waals surface area (Å²) in [6.07, 6.45) is 9.65. The molecule has 124 heavy (non-hydrogen) atoms. The van der Waals surface area contributed by atoms with Gasteiger partial charge in [-0.3, -0.25) is 67.1 Å². The number of unbranched alkanes of at least 4 members (excludes halogenated alkanes) is 9. The summed E-state index contributed by atoms with van der Waals surface area (Å²) >= 11 is 0. The summed E-state index contributed by atoms with van der Waals surface area (Å²) in [6.45, 7) is 4.18. The molecule has 0 saturated heterocycles. The lowest BCUT2D eigenvalue weighted by atomic mass is 9.85. The van der Waals surface area contributed by atoms with Crippen LogP contribution < -0.4 is 58.5 Å². The molecule has 33 heteroatoms. The fourth-order valence-corrected chi connectivity index (χ4v) is 14.3. The first-order valence-corrected chi connectivity index (χ1v) is 44.9. The first-order chi connectivity index (χ1) is 58.9. The molecular formula is C91H159N19O14. The fourth-order valence-electron chi connectivity index (χ4n) is 14.3. The van der Waals surface area contributed by atoms with Crippen LogP contribution in [-0.2, 0) is 67.1 Å². The lowest BCUT2D eigenvalue weighted by molar-refractivity contribution is -0.134. The Bertz CT molecular complexity index is 3420. The standard InChI is InChI=1S/C91H159N19O14/c1-103(2)58-57-92-52-34-30-46-74(98-85(118)65-108(11)12)80(113)59-70(43-29-35-55-95-89(122)76(99-86(119)66-109(13)14)48-26-19-25-44-71(111)61-104(3)4)88(121)101-75(81(114)60-72(68-39-21-17-22-40-68)69-41-23-18-24-42-69)47-32-38-56-96-90(123)77(102-91(124)78(100-87(120)67-110(15)16)50-33-37-54-94-83(116)63-106(7)8)49-27-20-28-51-79(112)73(97-84(117)64-107(9)10)45-31-36-53-93-82(115)62-105(5)6/h17-18,21-24,39-42,70,72-78,92H,19-20,25-38,43-67H2,1-16H3,(H,93,115)(H,94,116)(H,95,122)(H,96,123)(H,97,117)(H,98,118)(H,99,119)(H,100,120)(H,101,121)(H,102,124). The predicted molar refractivity (Wildman–Crippen MR) is 488 cm³/mol. The fraction of sp³-hybridized carbons (Fsp3) is 0.714. The SMILES string of the molecule is CN(C)CCNCCCCC(NC(=O)CN(C)C)C(=O)CC(CCCCNC(=O)C(CCCCCC(=O)CN(C)C)NC(=O)CN(C)C)C(=O)NC(CCCCNC(=O)C(CCCCCC(=O)C(CCCCNC(=O)CN(C)C)NC(=O)CN(C)C)NC(=O)C(CCCCNC(=O)CN(C)C)NC(=O)CN(C)C)C(=O)CC(c1ccccc1)c1ccccc1. The quantitative estimate of drug-likeness (QED) is 0.0424. The Labute approximate surface area is 741 Å². The second kappa shape index (κ2) is 66.0. The van der Waals surface area contributed by atoms with Crippen LogP contribution in [0.1, 0.15) is 190 Å². The Morgan fingerprint density at radius 2 is 0.573 bits per heavy atom. The second-order valence-electron chi connectivity index (χ2n) is 35.2. The molecule has 33 nitrogen and oxygen atoms in total. The van der Waals surface area contributed by atoms with Crippen molar-refractivity contribution in [1.82, 2.24) is 97.7 Å². The highest BCUT2D eigenvalue weighted by Crippen LogP contribution is 2.30. The van der Waals surface area contributed by atoms with E-state index in [2.05, 4.69) is 63.4 Å². The van der Waals surface area contributed by atoms with Gasteiger partial charge in [0.1, 0.15) is 23.9 Å². The van der Waals surface area contributed by atoms with Crippen LogP contribution in [-0.4, -0.2) is 362 Å². The lowest BCUT2D eigenvalue weighted by Crippen LogP contribution is -2.54. The van der Waals surface area contributed by atoms with E-state index in [1.54, 1.807) is 114 Å². The summed E-state index contributed by atoms with van der Waals surface area (Å²) in [5.74, 6) is -5.86. The monoisotopic (exact) mass is 1740 g/mol. The third-order valence-electron chi connectivity index (χ3n) is 20.6. The number of carbonyl (C=O) groups excluding carboxylic acids is 14. The van der Waals surface area contributed by atoms with Crippen LogP contribution in [0.5, 0.6) is 0 Å². The number of rotatable bonds is 73. The molecule has 2 aromatic rings. The van der Waals surface area contributed by atoms with Crippen LogP contribution in [0.25, 0.3) is 0 Å². The van der Waals surface area contributed by atoms with Gasteiger partial charge in [0, 0.05) is 76.8 Å². The van der Waals surface area contributed by atoms with E-state index in [0.717, 1.165) is 24.2 Å². The largest absolute Gasteiger partial charge is 0.355 e. The molecule has 0 spiro atoms. The van der Waals surface area contributed by atoms with Gasteiger partial charge in [0.2, 0.25) is 59.1 Å². The minimum Gasteiger partial charge on any atom is -0.355 e. The molecule has 0 fully saturated rings. The van der Waals surface area contributed by atoms with Crippen molar-refractivity contribution in [3.8, 4) is 0 Å². The van der Waals surface area contributed by atoms with E-state index in [4.69, 9.17) is 0 Å². The molecule has 0 aliphatic heterocycles. The molecular weight excluding hydrogens is 1580 g/mol. The van der Waals surface area contributed by atoms with E-state index in [9.17, 15) is 57.5 Å². The van der Waals surface area contributed by atoms with E-state index >= 15 is 9.59 Å². The molecule has 0 heterocycles. The Balaban J connectivity index is 2.68. The van der Waals surface area contributed by atoms with Gasteiger partial charge in [0.05, 0.1) is 63.9 Å². The number of benzene rings is 2. The molecule has 7 atom stereocenters. The van der Waals surface area contributed by atoms with E-state index in [0.29, 0.717) is 155 Å². The van der Waals surface area contributed by atoms with Crippen LogP contribution in [0.3, 0.4) is 0 Å². The Hall–Kier alpha value is -8.54. The summed E-state index contributed by atoms with van der Waals surface area (Å²) in [5.41, 5.74) is 1.75. The van der Waals surface area contributed by atoms with Crippen LogP contribution in [0.2, 0.25) is 0 Å². The molecule has 0 aliphatic carbocycles. The van der Waals surface area contributed by atoms with Crippen molar-refractivity contribution in [2.45, 2.75) is 216 Å². The normalized spacial score (nSPS) is 13.3. The highest BCUT2D eigenvalue weighted by atomic mass is 16.2. The number of hydrogen-bond donors (Lipinski definition) is 11. The van der Waals surface area contributed by atoms with E-state index in [1.165, 1.54) is 0 Å². The van der Waals surface area contributed by atoms with Crippen LogP contribution >= 0.6 is 0 Å². The van der Waals surface area contributed by atoms with Crippen LogP contribution in [0.15, 0.2) is 60.7 Å². The van der Waals surface area contributed by atoms with Gasteiger partial charge in [-0.05, 0) is 246 Å². The maximum atomic E-state index is 15.5. The van der Waals surface area contributed by atoms with Crippen molar-refractivity contribution < 1.29 is 67.1 Å². The van der Waals surface area contributed by atoms with Crippen molar-refractivity contribution in [3.63, 3.8) is 0 Å². The summed E-state index contributed by atoms with van der Waals surface area (Å²) in [6, 6.07) is 13.3. The molecule has 10 amide bonds. The van der Waals surface area contributed by atoms with Gasteiger partial charge < -0.3 is 97.7 Å².